The van der Waals surface area contributed by atoms with Gasteiger partial charge in [0.2, 0.25) is 11.7 Å². The topological polar surface area (TPSA) is 121 Å². The maximum Gasteiger partial charge on any atom is 0.490 e. The Morgan fingerprint density at radius 3 is 2.07 bits per heavy atom. The van der Waals surface area contributed by atoms with Crippen molar-refractivity contribution in [3.8, 4) is 17.2 Å². The fourth-order valence-corrected chi connectivity index (χ4v) is 4.74. The molecular formula is C27H41F3N4O7. The molecule has 0 saturated carbocycles. The Morgan fingerprint density at radius 1 is 1.00 bits per heavy atom. The highest BCUT2D eigenvalue weighted by molar-refractivity contribution is 5.96. The first-order chi connectivity index (χ1) is 19.4. The predicted octanol–water partition coefficient (Wildman–Crippen LogP) is 2.48. The number of alkyl halides is 3. The fraction of sp³-hybridized carbons (Fsp3) is 0.667. The molecule has 0 spiro atoms. The number of carbonyl (C=O) groups is 3. The maximum atomic E-state index is 13.6. The normalized spacial score (nSPS) is 17.6. The largest absolute Gasteiger partial charge is 0.493 e. The third kappa shape index (κ3) is 10.3. The molecule has 2 heterocycles. The molecule has 2 saturated heterocycles. The van der Waals surface area contributed by atoms with Gasteiger partial charge in [0.25, 0.3) is 5.91 Å². The van der Waals surface area contributed by atoms with Crippen molar-refractivity contribution in [2.24, 2.45) is 0 Å². The van der Waals surface area contributed by atoms with Crippen LogP contribution in [0.4, 0.5) is 13.2 Å². The van der Waals surface area contributed by atoms with Crippen LogP contribution >= 0.6 is 0 Å². The minimum absolute atomic E-state index is 0.0931. The average Bonchev–Trinajstić information content (AvgIpc) is 2.96. The number of ether oxygens (including phenoxy) is 3. The zero-order valence-electron chi connectivity index (χ0n) is 24.1. The van der Waals surface area contributed by atoms with Crippen molar-refractivity contribution in [3.05, 3.63) is 17.7 Å². The molecule has 14 heteroatoms. The predicted molar refractivity (Wildman–Crippen MR) is 145 cm³/mol. The first kappa shape index (κ1) is 33.9. The minimum atomic E-state index is -5.08. The van der Waals surface area contributed by atoms with E-state index in [-0.39, 0.29) is 11.8 Å². The van der Waals surface area contributed by atoms with E-state index in [1.54, 1.807) is 17.0 Å². The van der Waals surface area contributed by atoms with Crippen molar-refractivity contribution in [1.29, 1.82) is 0 Å². The van der Waals surface area contributed by atoms with Gasteiger partial charge in [0.1, 0.15) is 0 Å². The van der Waals surface area contributed by atoms with Gasteiger partial charge >= 0.3 is 12.1 Å². The van der Waals surface area contributed by atoms with E-state index in [2.05, 4.69) is 17.1 Å². The summed E-state index contributed by atoms with van der Waals surface area (Å²) >= 11 is 0. The van der Waals surface area contributed by atoms with E-state index in [1.807, 2.05) is 4.90 Å². The summed E-state index contributed by atoms with van der Waals surface area (Å²) in [7, 11) is 4.61. The van der Waals surface area contributed by atoms with Crippen LogP contribution in [-0.4, -0.2) is 123 Å². The van der Waals surface area contributed by atoms with E-state index in [0.717, 1.165) is 26.2 Å². The van der Waals surface area contributed by atoms with Gasteiger partial charge in [0.15, 0.2) is 11.5 Å². The van der Waals surface area contributed by atoms with E-state index in [9.17, 15) is 22.8 Å². The number of benzene rings is 1. The van der Waals surface area contributed by atoms with Crippen molar-refractivity contribution in [2.45, 2.75) is 44.8 Å². The minimum Gasteiger partial charge on any atom is -0.493 e. The summed E-state index contributed by atoms with van der Waals surface area (Å²) in [6.07, 6.45) is -1.15. The van der Waals surface area contributed by atoms with Gasteiger partial charge in [-0.05, 0) is 38.4 Å². The molecule has 2 N–H and O–H groups in total. The van der Waals surface area contributed by atoms with Crippen LogP contribution in [0.2, 0.25) is 0 Å². The number of halogens is 3. The van der Waals surface area contributed by atoms with Crippen LogP contribution in [0.1, 0.15) is 43.0 Å². The number of piperazine rings is 1. The van der Waals surface area contributed by atoms with Crippen LogP contribution in [0.3, 0.4) is 0 Å². The van der Waals surface area contributed by atoms with Crippen LogP contribution < -0.4 is 19.5 Å². The van der Waals surface area contributed by atoms with Gasteiger partial charge in [-0.3, -0.25) is 14.5 Å². The second kappa shape index (κ2) is 16.2. The van der Waals surface area contributed by atoms with Crippen LogP contribution in [0, 0.1) is 0 Å². The van der Waals surface area contributed by atoms with E-state index >= 15 is 0 Å². The SMILES string of the molecule is COc1cc(C(=O)N(CCC(=O)N2CCNCC2)CCN2CCCCC2C)cc(OC)c1OC.O=C(O)C(F)(F)F. The van der Waals surface area contributed by atoms with Crippen molar-refractivity contribution >= 4 is 17.8 Å². The van der Waals surface area contributed by atoms with Gasteiger partial charge in [-0.1, -0.05) is 6.42 Å². The molecular weight excluding hydrogens is 549 g/mol. The molecule has 0 bridgehead atoms. The second-order valence-corrected chi connectivity index (χ2v) is 9.77. The summed E-state index contributed by atoms with van der Waals surface area (Å²) in [5.74, 6) is -1.48. The summed E-state index contributed by atoms with van der Waals surface area (Å²) < 4.78 is 48.0. The number of rotatable bonds is 10. The smallest absolute Gasteiger partial charge is 0.490 e. The average molecular weight is 591 g/mol. The number of nitrogens with one attached hydrogen (secondary N) is 1. The Labute approximate surface area is 238 Å². The van der Waals surface area contributed by atoms with Crippen molar-refractivity contribution in [3.63, 3.8) is 0 Å². The number of carbonyl (C=O) groups excluding carboxylic acids is 2. The van der Waals surface area contributed by atoms with Gasteiger partial charge < -0.3 is 34.4 Å². The molecule has 2 aliphatic rings. The third-order valence-corrected chi connectivity index (χ3v) is 7.10. The molecule has 0 aromatic heterocycles. The number of nitrogens with zero attached hydrogens (tertiary/aromatic N) is 3. The monoisotopic (exact) mass is 590 g/mol. The molecule has 232 valence electrons. The highest BCUT2D eigenvalue weighted by Crippen LogP contribution is 2.38. The summed E-state index contributed by atoms with van der Waals surface area (Å²) in [5.41, 5.74) is 0.454. The highest BCUT2D eigenvalue weighted by atomic mass is 19.4. The fourth-order valence-electron chi connectivity index (χ4n) is 4.74. The lowest BCUT2D eigenvalue weighted by atomic mass is 10.0. The molecule has 0 radical (unpaired) electrons. The van der Waals surface area contributed by atoms with Gasteiger partial charge in [0, 0.05) is 63.8 Å². The van der Waals surface area contributed by atoms with E-state index in [4.69, 9.17) is 24.1 Å². The summed E-state index contributed by atoms with van der Waals surface area (Å²) in [6, 6.07) is 3.87. The number of aliphatic carboxylic acids is 1. The number of hydrogen-bond acceptors (Lipinski definition) is 8. The molecule has 3 rings (SSSR count). The highest BCUT2D eigenvalue weighted by Gasteiger charge is 2.38. The molecule has 11 nitrogen and oxygen atoms in total. The number of hydrogen-bond donors (Lipinski definition) is 2. The molecule has 2 fully saturated rings. The lowest BCUT2D eigenvalue weighted by Crippen LogP contribution is -2.48. The number of likely N-dealkylation sites (tertiary alicyclic amines) is 1. The van der Waals surface area contributed by atoms with Gasteiger partial charge in [-0.15, -0.1) is 0 Å². The molecule has 2 amide bonds. The van der Waals surface area contributed by atoms with E-state index in [0.29, 0.717) is 61.5 Å². The summed E-state index contributed by atoms with van der Waals surface area (Å²) in [4.78, 5) is 41.5. The third-order valence-electron chi connectivity index (χ3n) is 7.10. The van der Waals surface area contributed by atoms with Crippen LogP contribution in [-0.2, 0) is 9.59 Å². The molecule has 2 aliphatic heterocycles. The number of amides is 2. The Hall–Kier alpha value is -3.26. The Bertz CT molecular complexity index is 994. The molecule has 1 unspecified atom stereocenters. The van der Waals surface area contributed by atoms with Gasteiger partial charge in [-0.2, -0.15) is 13.2 Å². The lowest BCUT2D eigenvalue weighted by Gasteiger charge is -2.35. The molecule has 1 aromatic rings. The lowest BCUT2D eigenvalue weighted by molar-refractivity contribution is -0.192. The standard InChI is InChI=1S/C25H40N4O5.C2HF3O2/c1-19-7-5-6-11-27(19)15-16-29(12-8-23(30)28-13-9-26-10-14-28)25(31)20-17-21(32-2)24(34-4)22(18-20)33-3;3-2(4,5)1(6)7/h17-19,26H,5-16H2,1-4H3;(H,6,7). The number of methoxy groups -OCH3 is 3. The van der Waals surface area contributed by atoms with Crippen LogP contribution in [0.25, 0.3) is 0 Å². The number of carboxylic acids is 1. The Kier molecular flexibility index (Phi) is 13.5. The Morgan fingerprint density at radius 2 is 1.59 bits per heavy atom. The molecule has 41 heavy (non-hydrogen) atoms. The van der Waals surface area contributed by atoms with Crippen LogP contribution in [0.15, 0.2) is 12.1 Å². The second-order valence-electron chi connectivity index (χ2n) is 9.77. The quantitative estimate of drug-likeness (QED) is 0.424. The van der Waals surface area contributed by atoms with Gasteiger partial charge in [0.05, 0.1) is 21.3 Å². The number of carboxylic acid groups (broad SMARTS) is 1. The molecule has 1 atom stereocenters. The number of piperidine rings is 1. The Balaban J connectivity index is 0.000000745. The first-order valence-electron chi connectivity index (χ1n) is 13.5. The zero-order chi connectivity index (χ0) is 30.6. The van der Waals surface area contributed by atoms with E-state index in [1.165, 1.54) is 40.6 Å². The molecule has 0 aliphatic carbocycles. The van der Waals surface area contributed by atoms with E-state index < -0.39 is 12.1 Å². The summed E-state index contributed by atoms with van der Waals surface area (Å²) in [5, 5.41) is 10.4. The molecule has 1 aromatic carbocycles. The van der Waals surface area contributed by atoms with Crippen molar-refractivity contribution < 1.29 is 46.9 Å². The maximum absolute atomic E-state index is 13.6. The van der Waals surface area contributed by atoms with Gasteiger partial charge in [-0.25, -0.2) is 4.79 Å². The van der Waals surface area contributed by atoms with Crippen molar-refractivity contribution in [2.75, 3.05) is 73.7 Å². The summed E-state index contributed by atoms with van der Waals surface area (Å²) in [6.45, 7) is 8.08. The van der Waals surface area contributed by atoms with Crippen molar-refractivity contribution in [1.82, 2.24) is 20.0 Å². The zero-order valence-corrected chi connectivity index (χ0v) is 24.1. The van der Waals surface area contributed by atoms with Crippen LogP contribution in [0.5, 0.6) is 17.2 Å². The first-order valence-corrected chi connectivity index (χ1v) is 13.5.